The molecule has 1 amide bonds. The van der Waals surface area contributed by atoms with Crippen LogP contribution in [0.5, 0.6) is 0 Å². The molecular formula is C15H21N3O. The number of amides is 1. The maximum absolute atomic E-state index is 11.6. The summed E-state index contributed by atoms with van der Waals surface area (Å²) in [5.74, 6) is 1.33. The molecule has 0 aliphatic carbocycles. The molecule has 3 unspecified atom stereocenters. The number of piperidine rings is 1. The van der Waals surface area contributed by atoms with Crippen LogP contribution in [0.4, 0.5) is 11.4 Å². The van der Waals surface area contributed by atoms with Gasteiger partial charge in [0.25, 0.3) is 0 Å². The highest BCUT2D eigenvalue weighted by Crippen LogP contribution is 2.34. The number of hydrogen-bond donors (Lipinski definition) is 2. The molecule has 1 aromatic carbocycles. The van der Waals surface area contributed by atoms with Crippen LogP contribution in [-0.4, -0.2) is 19.0 Å². The molecule has 1 fully saturated rings. The van der Waals surface area contributed by atoms with Crippen LogP contribution in [0, 0.1) is 11.8 Å². The summed E-state index contributed by atoms with van der Waals surface area (Å²) in [5, 5.41) is 2.86. The summed E-state index contributed by atoms with van der Waals surface area (Å²) >= 11 is 0. The van der Waals surface area contributed by atoms with Crippen molar-refractivity contribution in [2.45, 2.75) is 26.3 Å². The number of carbonyl (C=O) groups excluding carboxylic acids is 1. The van der Waals surface area contributed by atoms with Gasteiger partial charge < -0.3 is 16.0 Å². The standard InChI is InChI=1S/C15H21N3O/c1-9-5-10(2)8-18(7-9)11-3-4-12-13(6-11)17-15(19)14(12)16/h3-4,6,9-10,14H,5,7-8,16H2,1-2H3,(H,17,19). The third-order valence-electron chi connectivity index (χ3n) is 4.15. The minimum atomic E-state index is -0.511. The zero-order valence-corrected chi connectivity index (χ0v) is 11.5. The van der Waals surface area contributed by atoms with Crippen LogP contribution in [0.1, 0.15) is 31.9 Å². The Morgan fingerprint density at radius 3 is 2.63 bits per heavy atom. The number of nitrogens with zero attached hydrogens (tertiary/aromatic N) is 1. The summed E-state index contributed by atoms with van der Waals surface area (Å²) in [5.41, 5.74) is 8.81. The second-order valence-electron chi connectivity index (χ2n) is 6.09. The van der Waals surface area contributed by atoms with E-state index in [0.29, 0.717) is 11.8 Å². The number of nitrogens with two attached hydrogens (primary N) is 1. The predicted molar refractivity (Wildman–Crippen MR) is 77.2 cm³/mol. The largest absolute Gasteiger partial charge is 0.371 e. The quantitative estimate of drug-likeness (QED) is 0.812. The second-order valence-corrected chi connectivity index (χ2v) is 6.09. The van der Waals surface area contributed by atoms with Gasteiger partial charge in [0, 0.05) is 30.0 Å². The Balaban J connectivity index is 1.87. The van der Waals surface area contributed by atoms with E-state index in [1.54, 1.807) is 0 Å². The Bertz CT molecular complexity index is 504. The van der Waals surface area contributed by atoms with Crippen molar-refractivity contribution in [1.82, 2.24) is 0 Å². The normalized spacial score (nSPS) is 30.2. The van der Waals surface area contributed by atoms with Gasteiger partial charge in [0.1, 0.15) is 6.04 Å². The topological polar surface area (TPSA) is 58.4 Å². The van der Waals surface area contributed by atoms with E-state index < -0.39 is 6.04 Å². The number of rotatable bonds is 1. The molecule has 2 aliphatic rings. The van der Waals surface area contributed by atoms with Gasteiger partial charge in [-0.1, -0.05) is 19.9 Å². The van der Waals surface area contributed by atoms with E-state index >= 15 is 0 Å². The van der Waals surface area contributed by atoms with Gasteiger partial charge in [-0.25, -0.2) is 0 Å². The molecule has 0 aromatic heterocycles. The van der Waals surface area contributed by atoms with Crippen LogP contribution in [-0.2, 0) is 4.79 Å². The lowest BCUT2D eigenvalue weighted by Crippen LogP contribution is -2.38. The highest BCUT2D eigenvalue weighted by atomic mass is 16.2. The van der Waals surface area contributed by atoms with Gasteiger partial charge >= 0.3 is 0 Å². The Labute approximate surface area is 114 Å². The molecule has 4 nitrogen and oxygen atoms in total. The molecule has 2 aliphatic heterocycles. The number of fused-ring (bicyclic) bond motifs is 1. The summed E-state index contributed by atoms with van der Waals surface area (Å²) in [6, 6.07) is 5.62. The van der Waals surface area contributed by atoms with Crippen molar-refractivity contribution in [1.29, 1.82) is 0 Å². The summed E-state index contributed by atoms with van der Waals surface area (Å²) in [6.45, 7) is 6.77. The maximum Gasteiger partial charge on any atom is 0.245 e. The molecule has 3 atom stereocenters. The highest BCUT2D eigenvalue weighted by molar-refractivity contribution is 6.02. The van der Waals surface area contributed by atoms with Gasteiger partial charge in [0.2, 0.25) is 5.91 Å². The summed E-state index contributed by atoms with van der Waals surface area (Å²) in [6.07, 6.45) is 1.29. The van der Waals surface area contributed by atoms with Crippen LogP contribution in [0.25, 0.3) is 0 Å². The molecule has 2 heterocycles. The van der Waals surface area contributed by atoms with E-state index in [1.807, 2.05) is 6.07 Å². The molecule has 0 spiro atoms. The van der Waals surface area contributed by atoms with Crippen molar-refractivity contribution in [2.75, 3.05) is 23.3 Å². The molecule has 0 bridgehead atoms. The fourth-order valence-electron chi connectivity index (χ4n) is 3.35. The van der Waals surface area contributed by atoms with Crippen molar-refractivity contribution in [3.05, 3.63) is 23.8 Å². The fourth-order valence-corrected chi connectivity index (χ4v) is 3.35. The molecule has 1 aromatic rings. The molecule has 102 valence electrons. The van der Waals surface area contributed by atoms with E-state index in [0.717, 1.165) is 24.3 Å². The first-order valence-corrected chi connectivity index (χ1v) is 7.00. The van der Waals surface area contributed by atoms with Gasteiger partial charge in [-0.05, 0) is 30.4 Å². The van der Waals surface area contributed by atoms with Gasteiger partial charge in [0.05, 0.1) is 0 Å². The van der Waals surface area contributed by atoms with Crippen molar-refractivity contribution in [3.8, 4) is 0 Å². The van der Waals surface area contributed by atoms with E-state index in [1.165, 1.54) is 12.1 Å². The van der Waals surface area contributed by atoms with E-state index in [4.69, 9.17) is 5.73 Å². The zero-order valence-electron chi connectivity index (χ0n) is 11.5. The molecule has 3 rings (SSSR count). The first-order chi connectivity index (χ1) is 9.04. The van der Waals surface area contributed by atoms with Gasteiger partial charge in [0.15, 0.2) is 0 Å². The van der Waals surface area contributed by atoms with Crippen LogP contribution in [0.15, 0.2) is 18.2 Å². The lowest BCUT2D eigenvalue weighted by Gasteiger charge is -2.36. The lowest BCUT2D eigenvalue weighted by molar-refractivity contribution is -0.116. The third-order valence-corrected chi connectivity index (χ3v) is 4.15. The van der Waals surface area contributed by atoms with Crippen molar-refractivity contribution >= 4 is 17.3 Å². The number of benzene rings is 1. The Morgan fingerprint density at radius 1 is 1.26 bits per heavy atom. The summed E-state index contributed by atoms with van der Waals surface area (Å²) < 4.78 is 0. The average molecular weight is 259 g/mol. The number of anilines is 2. The third kappa shape index (κ3) is 2.21. The van der Waals surface area contributed by atoms with Crippen LogP contribution in [0.3, 0.4) is 0 Å². The van der Waals surface area contributed by atoms with Gasteiger partial charge in [-0.3, -0.25) is 4.79 Å². The van der Waals surface area contributed by atoms with Crippen LogP contribution in [0.2, 0.25) is 0 Å². The molecule has 0 radical (unpaired) electrons. The fraction of sp³-hybridized carbons (Fsp3) is 0.533. The van der Waals surface area contributed by atoms with Gasteiger partial charge in [-0.2, -0.15) is 0 Å². The molecule has 19 heavy (non-hydrogen) atoms. The van der Waals surface area contributed by atoms with E-state index in [9.17, 15) is 4.79 Å². The van der Waals surface area contributed by atoms with Crippen molar-refractivity contribution < 1.29 is 4.79 Å². The van der Waals surface area contributed by atoms with E-state index in [-0.39, 0.29) is 5.91 Å². The monoisotopic (exact) mass is 259 g/mol. The summed E-state index contributed by atoms with van der Waals surface area (Å²) in [4.78, 5) is 14.0. The minimum absolute atomic E-state index is 0.104. The molecule has 1 saturated heterocycles. The maximum atomic E-state index is 11.6. The van der Waals surface area contributed by atoms with Crippen LogP contribution >= 0.6 is 0 Å². The minimum Gasteiger partial charge on any atom is -0.371 e. The number of hydrogen-bond acceptors (Lipinski definition) is 3. The highest BCUT2D eigenvalue weighted by Gasteiger charge is 2.28. The average Bonchev–Trinajstić information content (AvgIpc) is 2.63. The Hall–Kier alpha value is -1.55. The first-order valence-electron chi connectivity index (χ1n) is 7.00. The number of carbonyl (C=O) groups is 1. The summed E-state index contributed by atoms with van der Waals surface area (Å²) in [7, 11) is 0. The Kier molecular flexibility index (Phi) is 2.97. The lowest BCUT2D eigenvalue weighted by atomic mass is 9.91. The SMILES string of the molecule is CC1CC(C)CN(c2ccc3c(c2)NC(=O)C3N)C1. The number of nitrogens with one attached hydrogen (secondary N) is 1. The Morgan fingerprint density at radius 2 is 1.95 bits per heavy atom. The molecule has 3 N–H and O–H groups in total. The van der Waals surface area contributed by atoms with Crippen molar-refractivity contribution in [2.24, 2.45) is 17.6 Å². The first kappa shape index (κ1) is 12.5. The second kappa shape index (κ2) is 4.53. The molecule has 0 saturated carbocycles. The molecule has 4 heteroatoms. The van der Waals surface area contributed by atoms with Crippen LogP contribution < -0.4 is 16.0 Å². The van der Waals surface area contributed by atoms with Crippen molar-refractivity contribution in [3.63, 3.8) is 0 Å². The van der Waals surface area contributed by atoms with Gasteiger partial charge in [-0.15, -0.1) is 0 Å². The predicted octanol–water partition coefficient (Wildman–Crippen LogP) is 2.12. The zero-order chi connectivity index (χ0) is 13.6. The smallest absolute Gasteiger partial charge is 0.245 e. The van der Waals surface area contributed by atoms with E-state index in [2.05, 4.69) is 36.2 Å². The molecular weight excluding hydrogens is 238 g/mol.